The number of hydrogen-bond acceptors (Lipinski definition) is 5. The molecule has 4 aromatic rings. The zero-order valence-electron chi connectivity index (χ0n) is 19.0. The number of aromatic amines is 2. The molecule has 0 bridgehead atoms. The maximum atomic E-state index is 13.4. The van der Waals surface area contributed by atoms with Crippen molar-refractivity contribution < 1.29 is 9.48 Å². The topological polar surface area (TPSA) is 98.6 Å². The molecule has 0 fully saturated rings. The Kier molecular flexibility index (Phi) is 6.02. The lowest BCUT2D eigenvalue weighted by Crippen LogP contribution is -2.61. The number of rotatable bonds is 6. The molecule has 8 nitrogen and oxygen atoms in total. The quantitative estimate of drug-likeness (QED) is 0.327. The molecule has 1 atom stereocenters. The maximum Gasteiger partial charge on any atom is 0.325 e. The molecule has 0 saturated heterocycles. The third kappa shape index (κ3) is 3.71. The molecule has 172 valence electrons. The average Bonchev–Trinajstić information content (AvgIpc) is 3.36. The minimum absolute atomic E-state index is 0.0688. The van der Waals surface area contributed by atoms with Crippen molar-refractivity contribution in [2.45, 2.75) is 38.0 Å². The molecule has 0 saturated carbocycles. The number of nitrogens with one attached hydrogen (secondary N) is 2. The molecule has 5 rings (SSSR count). The highest BCUT2D eigenvalue weighted by Gasteiger charge is 2.46. The number of aromatic nitrogens is 5. The summed E-state index contributed by atoms with van der Waals surface area (Å²) in [5, 5.41) is 12.8. The molecule has 1 amide bonds. The second-order valence-corrected chi connectivity index (χ2v) is 9.06. The number of thioether (sulfide) groups is 1. The van der Waals surface area contributed by atoms with Gasteiger partial charge in [-0.2, -0.15) is 5.10 Å². The van der Waals surface area contributed by atoms with Crippen molar-refractivity contribution in [1.82, 2.24) is 20.3 Å². The number of fused-ring (bicyclic) bond motifs is 3. The van der Waals surface area contributed by atoms with E-state index in [1.54, 1.807) is 15.8 Å². The van der Waals surface area contributed by atoms with Crippen molar-refractivity contribution in [2.24, 2.45) is 0 Å². The summed E-state index contributed by atoms with van der Waals surface area (Å²) in [6, 6.07) is 17.3. The van der Waals surface area contributed by atoms with E-state index in [1.807, 2.05) is 61.5 Å². The van der Waals surface area contributed by atoms with Crippen molar-refractivity contribution in [1.29, 1.82) is 0 Å². The van der Waals surface area contributed by atoms with Gasteiger partial charge in [0.05, 0.1) is 28.7 Å². The van der Waals surface area contributed by atoms with Crippen LogP contribution >= 0.6 is 11.8 Å². The first kappa shape index (κ1) is 22.1. The molecule has 9 heteroatoms. The molecule has 2 aromatic carbocycles. The van der Waals surface area contributed by atoms with Crippen molar-refractivity contribution >= 4 is 23.4 Å². The molecule has 3 heterocycles. The predicted octanol–water partition coefficient (Wildman–Crippen LogP) is 3.92. The zero-order chi connectivity index (χ0) is 23.7. The summed E-state index contributed by atoms with van der Waals surface area (Å²) in [5.41, 5.74) is 4.01. The number of amides is 1. The smallest absolute Gasteiger partial charge is 0.291 e. The molecular weight excluding hydrogens is 448 g/mol. The number of hydrogen-bond donors (Lipinski definition) is 2. The molecule has 0 radical (unpaired) electrons. The van der Waals surface area contributed by atoms with E-state index in [0.717, 1.165) is 29.0 Å². The van der Waals surface area contributed by atoms with Gasteiger partial charge in [0.25, 0.3) is 6.17 Å². The Morgan fingerprint density at radius 1 is 1.12 bits per heavy atom. The van der Waals surface area contributed by atoms with E-state index in [9.17, 15) is 9.59 Å². The van der Waals surface area contributed by atoms with Crippen LogP contribution in [0.2, 0.25) is 0 Å². The van der Waals surface area contributed by atoms with Gasteiger partial charge in [-0.05, 0) is 23.2 Å². The van der Waals surface area contributed by atoms with Crippen LogP contribution in [0.25, 0.3) is 22.5 Å². The average molecular weight is 474 g/mol. The minimum atomic E-state index is -0.672. The Balaban J connectivity index is 1.81. The summed E-state index contributed by atoms with van der Waals surface area (Å²) in [7, 11) is 0. The van der Waals surface area contributed by atoms with Crippen LogP contribution in [-0.2, 0) is 4.79 Å². The van der Waals surface area contributed by atoms with E-state index in [4.69, 9.17) is 5.10 Å². The molecular formula is C25H25N6O2S+. The van der Waals surface area contributed by atoms with E-state index in [-0.39, 0.29) is 11.5 Å². The van der Waals surface area contributed by atoms with Crippen LogP contribution in [0.1, 0.15) is 38.4 Å². The second-order valence-electron chi connectivity index (χ2n) is 7.98. The third-order valence-corrected chi connectivity index (χ3v) is 6.85. The Morgan fingerprint density at radius 3 is 2.65 bits per heavy atom. The lowest BCUT2D eigenvalue weighted by molar-refractivity contribution is -0.763. The number of para-hydroxylation sites is 1. The van der Waals surface area contributed by atoms with Crippen molar-refractivity contribution in [3.8, 4) is 22.5 Å². The van der Waals surface area contributed by atoms with Crippen molar-refractivity contribution in [2.75, 3.05) is 10.7 Å². The first-order valence-electron chi connectivity index (χ1n) is 11.3. The fourth-order valence-electron chi connectivity index (χ4n) is 4.28. The fraction of sp³-hybridized carbons (Fsp3) is 0.240. The highest BCUT2D eigenvalue weighted by molar-refractivity contribution is 7.99. The number of H-pyrrole nitrogens is 2. The second kappa shape index (κ2) is 9.26. The van der Waals surface area contributed by atoms with Gasteiger partial charge in [0.1, 0.15) is 0 Å². The normalized spacial score (nSPS) is 14.5. The van der Waals surface area contributed by atoms with Gasteiger partial charge in [0, 0.05) is 22.8 Å². The number of benzene rings is 2. The molecule has 2 aromatic heterocycles. The van der Waals surface area contributed by atoms with Crippen LogP contribution in [-0.4, -0.2) is 31.9 Å². The Bertz CT molecular complexity index is 1400. The Labute approximate surface area is 201 Å². The summed E-state index contributed by atoms with van der Waals surface area (Å²) >= 11 is 1.49. The van der Waals surface area contributed by atoms with E-state index in [0.29, 0.717) is 28.5 Å². The fourth-order valence-corrected chi connectivity index (χ4v) is 4.99. The molecule has 1 aliphatic rings. The maximum absolute atomic E-state index is 13.4. The Hall–Kier alpha value is -3.72. The SMILES string of the molecule is CCCSc1n[n+]2c(c(=O)[nH]1)-c1ccccc1N(C(=O)CC)[C@@H]2c1cn[nH]c1-c1ccccc1. The summed E-state index contributed by atoms with van der Waals surface area (Å²) in [5.74, 6) is 0.753. The van der Waals surface area contributed by atoms with Gasteiger partial charge >= 0.3 is 11.3 Å². The number of anilines is 1. The summed E-state index contributed by atoms with van der Waals surface area (Å²) in [6.07, 6.45) is 2.30. The number of nitrogens with zero attached hydrogens (tertiary/aromatic N) is 4. The summed E-state index contributed by atoms with van der Waals surface area (Å²) in [4.78, 5) is 31.4. The molecule has 2 N–H and O–H groups in total. The van der Waals surface area contributed by atoms with Crippen LogP contribution in [0.3, 0.4) is 0 Å². The predicted molar refractivity (Wildman–Crippen MR) is 131 cm³/mol. The van der Waals surface area contributed by atoms with Gasteiger partial charge in [0.2, 0.25) is 11.1 Å². The van der Waals surface area contributed by atoms with Crippen LogP contribution < -0.4 is 15.1 Å². The molecule has 0 aliphatic carbocycles. The molecule has 1 aliphatic heterocycles. The largest absolute Gasteiger partial charge is 0.325 e. The summed E-state index contributed by atoms with van der Waals surface area (Å²) in [6.45, 7) is 3.92. The van der Waals surface area contributed by atoms with E-state index in [2.05, 4.69) is 22.1 Å². The first-order chi connectivity index (χ1) is 16.6. The Morgan fingerprint density at radius 2 is 1.88 bits per heavy atom. The number of carbonyl (C=O) groups is 1. The van der Waals surface area contributed by atoms with Crippen LogP contribution in [0, 0.1) is 0 Å². The molecule has 34 heavy (non-hydrogen) atoms. The van der Waals surface area contributed by atoms with Gasteiger partial charge in [-0.1, -0.05) is 68.1 Å². The third-order valence-electron chi connectivity index (χ3n) is 5.78. The van der Waals surface area contributed by atoms with E-state index < -0.39 is 6.17 Å². The lowest BCUT2D eigenvalue weighted by Gasteiger charge is -2.31. The first-order valence-corrected chi connectivity index (χ1v) is 12.3. The van der Waals surface area contributed by atoms with Gasteiger partial charge in [-0.15, -0.1) is 0 Å². The minimum Gasteiger partial charge on any atom is -0.291 e. The highest BCUT2D eigenvalue weighted by Crippen LogP contribution is 2.39. The molecule has 0 unspecified atom stereocenters. The van der Waals surface area contributed by atoms with Gasteiger partial charge in [0.15, 0.2) is 0 Å². The van der Waals surface area contributed by atoms with Gasteiger partial charge in [-0.3, -0.25) is 19.7 Å². The molecule has 0 spiro atoms. The van der Waals surface area contributed by atoms with Gasteiger partial charge < -0.3 is 0 Å². The standard InChI is InChI=1S/C25H24N6O2S/c1-3-14-34-25-27-23(33)22-17-12-8-9-13-19(17)30(20(32)4-2)24(31(22)29-25)18-15-26-28-21(18)16-10-6-5-7-11-16/h5-13,15,24H,3-4,14H2,1-2H3,(H-,26,27,28,29,33)/p+1/t24-/m0/s1. The lowest BCUT2D eigenvalue weighted by atomic mass is 9.99. The van der Waals surface area contributed by atoms with Crippen LogP contribution in [0.4, 0.5) is 5.69 Å². The van der Waals surface area contributed by atoms with Crippen LogP contribution in [0.5, 0.6) is 0 Å². The van der Waals surface area contributed by atoms with E-state index >= 15 is 0 Å². The highest BCUT2D eigenvalue weighted by atomic mass is 32.2. The monoisotopic (exact) mass is 473 g/mol. The van der Waals surface area contributed by atoms with Crippen molar-refractivity contribution in [3.63, 3.8) is 0 Å². The zero-order valence-corrected chi connectivity index (χ0v) is 19.8. The van der Waals surface area contributed by atoms with E-state index in [1.165, 1.54) is 11.8 Å². The number of carbonyl (C=O) groups excluding carboxylic acids is 1. The van der Waals surface area contributed by atoms with Gasteiger partial charge in [-0.25, -0.2) is 4.90 Å². The summed E-state index contributed by atoms with van der Waals surface area (Å²) < 4.78 is 1.68. The van der Waals surface area contributed by atoms with Crippen molar-refractivity contribution in [3.05, 3.63) is 76.7 Å². The van der Waals surface area contributed by atoms with Crippen LogP contribution in [0.15, 0.2) is 70.7 Å².